The Labute approximate surface area is 124 Å². The smallest absolute Gasteiger partial charge is 0.252 e. The van der Waals surface area contributed by atoms with Gasteiger partial charge in [0, 0.05) is 24.8 Å². The number of methoxy groups -OCH3 is 1. The van der Waals surface area contributed by atoms with Crippen molar-refractivity contribution in [3.8, 4) is 5.75 Å². The Hall–Kier alpha value is -2.08. The van der Waals surface area contributed by atoms with Gasteiger partial charge in [-0.2, -0.15) is 0 Å². The monoisotopic (exact) mass is 292 g/mol. The number of nitrogens with zero attached hydrogens (tertiary/aromatic N) is 1. The molecule has 0 aromatic heterocycles. The first-order valence-electron chi connectivity index (χ1n) is 6.98. The van der Waals surface area contributed by atoms with Gasteiger partial charge < -0.3 is 19.7 Å². The Morgan fingerprint density at radius 3 is 3.05 bits per heavy atom. The number of anilines is 1. The van der Waals surface area contributed by atoms with Crippen LogP contribution in [0.1, 0.15) is 13.3 Å². The molecule has 1 saturated heterocycles. The Balaban J connectivity index is 1.93. The first-order valence-corrected chi connectivity index (χ1v) is 6.98. The highest BCUT2D eigenvalue weighted by molar-refractivity contribution is 5.95. The highest BCUT2D eigenvalue weighted by atomic mass is 16.5. The number of benzene rings is 1. The summed E-state index contributed by atoms with van der Waals surface area (Å²) in [6, 6.07) is 7.07. The molecular weight excluding hydrogens is 272 g/mol. The van der Waals surface area contributed by atoms with Gasteiger partial charge in [-0.1, -0.05) is 6.07 Å². The summed E-state index contributed by atoms with van der Waals surface area (Å²) in [4.78, 5) is 25.8. The first-order chi connectivity index (χ1) is 10.1. The number of carbonyl (C=O) groups excluding carboxylic acids is 2. The van der Waals surface area contributed by atoms with Gasteiger partial charge in [-0.05, 0) is 19.1 Å². The van der Waals surface area contributed by atoms with Crippen molar-refractivity contribution < 1.29 is 19.1 Å². The predicted octanol–water partition coefficient (Wildman–Crippen LogP) is 1.27. The molecule has 0 bridgehead atoms. The van der Waals surface area contributed by atoms with E-state index in [-0.39, 0.29) is 18.2 Å². The van der Waals surface area contributed by atoms with E-state index in [9.17, 15) is 9.59 Å². The average Bonchev–Trinajstić information content (AvgIpc) is 2.49. The molecule has 1 N–H and O–H groups in total. The fourth-order valence-electron chi connectivity index (χ4n) is 2.23. The molecule has 1 aliphatic heterocycles. The van der Waals surface area contributed by atoms with Crippen LogP contribution in [0.2, 0.25) is 0 Å². The fourth-order valence-corrected chi connectivity index (χ4v) is 2.23. The highest BCUT2D eigenvalue weighted by Gasteiger charge is 2.30. The van der Waals surface area contributed by atoms with Crippen molar-refractivity contribution in [2.24, 2.45) is 0 Å². The maximum absolute atomic E-state index is 12.0. The van der Waals surface area contributed by atoms with Gasteiger partial charge in [0.25, 0.3) is 5.91 Å². The second-order valence-corrected chi connectivity index (χ2v) is 4.76. The van der Waals surface area contributed by atoms with E-state index in [2.05, 4.69) is 5.32 Å². The van der Waals surface area contributed by atoms with E-state index >= 15 is 0 Å². The molecule has 1 aromatic rings. The normalized spacial score (nSPS) is 18.5. The SMILES string of the molecule is CCN1CCO[C@H](CC(=O)Nc2cccc(OC)c2)C1=O. The van der Waals surface area contributed by atoms with Gasteiger partial charge >= 0.3 is 0 Å². The summed E-state index contributed by atoms with van der Waals surface area (Å²) < 4.78 is 10.5. The van der Waals surface area contributed by atoms with Gasteiger partial charge in [0.1, 0.15) is 11.9 Å². The summed E-state index contributed by atoms with van der Waals surface area (Å²) in [5, 5.41) is 2.75. The molecular formula is C15H20N2O4. The number of morpholine rings is 1. The molecule has 114 valence electrons. The zero-order valence-electron chi connectivity index (χ0n) is 12.3. The number of hydrogen-bond acceptors (Lipinski definition) is 4. The number of ether oxygens (including phenoxy) is 2. The van der Waals surface area contributed by atoms with Crippen LogP contribution in [-0.4, -0.2) is 49.6 Å². The van der Waals surface area contributed by atoms with E-state index in [1.807, 2.05) is 6.92 Å². The summed E-state index contributed by atoms with van der Waals surface area (Å²) in [5.74, 6) is 0.291. The number of amides is 2. The Morgan fingerprint density at radius 1 is 1.52 bits per heavy atom. The fraction of sp³-hybridized carbons (Fsp3) is 0.467. The van der Waals surface area contributed by atoms with Crippen molar-refractivity contribution in [3.05, 3.63) is 24.3 Å². The molecule has 2 rings (SSSR count). The lowest BCUT2D eigenvalue weighted by molar-refractivity contribution is -0.154. The standard InChI is InChI=1S/C15H20N2O4/c1-3-17-7-8-21-13(15(17)19)10-14(18)16-11-5-4-6-12(9-11)20-2/h4-6,9,13H,3,7-8,10H2,1-2H3,(H,16,18)/t13-/m1/s1. The second-order valence-electron chi connectivity index (χ2n) is 4.76. The van der Waals surface area contributed by atoms with Crippen molar-refractivity contribution in [1.82, 2.24) is 4.90 Å². The van der Waals surface area contributed by atoms with E-state index in [0.717, 1.165) is 0 Å². The minimum atomic E-state index is -0.690. The van der Waals surface area contributed by atoms with Gasteiger partial charge in [-0.15, -0.1) is 0 Å². The molecule has 2 amide bonds. The van der Waals surface area contributed by atoms with Gasteiger partial charge in [0.05, 0.1) is 20.1 Å². The minimum absolute atomic E-state index is 0.0204. The number of likely N-dealkylation sites (N-methyl/N-ethyl adjacent to an activating group) is 1. The molecule has 1 aromatic carbocycles. The second kappa shape index (κ2) is 7.08. The number of carbonyl (C=O) groups is 2. The average molecular weight is 292 g/mol. The lowest BCUT2D eigenvalue weighted by Crippen LogP contribution is -2.48. The van der Waals surface area contributed by atoms with Gasteiger partial charge in [0.15, 0.2) is 0 Å². The molecule has 0 unspecified atom stereocenters. The van der Waals surface area contributed by atoms with Crippen LogP contribution in [0.15, 0.2) is 24.3 Å². The summed E-state index contributed by atoms with van der Waals surface area (Å²) in [5.41, 5.74) is 0.634. The molecule has 0 saturated carbocycles. The third-order valence-corrected chi connectivity index (χ3v) is 3.37. The van der Waals surface area contributed by atoms with Crippen LogP contribution in [0.4, 0.5) is 5.69 Å². The van der Waals surface area contributed by atoms with Crippen LogP contribution in [0, 0.1) is 0 Å². The van der Waals surface area contributed by atoms with E-state index in [1.165, 1.54) is 0 Å². The van der Waals surface area contributed by atoms with E-state index in [4.69, 9.17) is 9.47 Å². The number of hydrogen-bond donors (Lipinski definition) is 1. The van der Waals surface area contributed by atoms with Crippen molar-refractivity contribution >= 4 is 17.5 Å². The zero-order chi connectivity index (χ0) is 15.2. The molecule has 21 heavy (non-hydrogen) atoms. The summed E-state index contributed by atoms with van der Waals surface area (Å²) in [7, 11) is 1.56. The Kier molecular flexibility index (Phi) is 5.16. The molecule has 1 aliphatic rings. The number of nitrogens with one attached hydrogen (secondary N) is 1. The van der Waals surface area contributed by atoms with Crippen LogP contribution >= 0.6 is 0 Å². The van der Waals surface area contributed by atoms with E-state index in [1.54, 1.807) is 36.3 Å². The van der Waals surface area contributed by atoms with Crippen LogP contribution in [0.5, 0.6) is 5.75 Å². The third kappa shape index (κ3) is 3.95. The van der Waals surface area contributed by atoms with E-state index in [0.29, 0.717) is 31.1 Å². The maximum atomic E-state index is 12.0. The molecule has 0 radical (unpaired) electrons. The predicted molar refractivity (Wildman–Crippen MR) is 78.2 cm³/mol. The largest absolute Gasteiger partial charge is 0.497 e. The van der Waals surface area contributed by atoms with E-state index < -0.39 is 6.10 Å². The van der Waals surface area contributed by atoms with Crippen molar-refractivity contribution in [3.63, 3.8) is 0 Å². The molecule has 1 atom stereocenters. The van der Waals surface area contributed by atoms with Gasteiger partial charge in [-0.25, -0.2) is 0 Å². The van der Waals surface area contributed by atoms with Crippen LogP contribution < -0.4 is 10.1 Å². The zero-order valence-corrected chi connectivity index (χ0v) is 12.3. The first kappa shape index (κ1) is 15.3. The van der Waals surface area contributed by atoms with Crippen molar-refractivity contribution in [2.45, 2.75) is 19.4 Å². The van der Waals surface area contributed by atoms with Crippen molar-refractivity contribution in [2.75, 3.05) is 32.1 Å². The quantitative estimate of drug-likeness (QED) is 0.887. The molecule has 1 heterocycles. The van der Waals surface area contributed by atoms with Gasteiger partial charge in [0.2, 0.25) is 5.91 Å². The Bertz CT molecular complexity index is 518. The lowest BCUT2D eigenvalue weighted by atomic mass is 10.1. The number of rotatable bonds is 5. The third-order valence-electron chi connectivity index (χ3n) is 3.37. The van der Waals surface area contributed by atoms with Crippen molar-refractivity contribution in [1.29, 1.82) is 0 Å². The van der Waals surface area contributed by atoms with Crippen LogP contribution in [0.25, 0.3) is 0 Å². The molecule has 1 fully saturated rings. The molecule has 0 aliphatic carbocycles. The Morgan fingerprint density at radius 2 is 2.33 bits per heavy atom. The highest BCUT2D eigenvalue weighted by Crippen LogP contribution is 2.18. The summed E-state index contributed by atoms with van der Waals surface area (Å²) in [6.45, 7) is 3.60. The summed E-state index contributed by atoms with van der Waals surface area (Å²) >= 11 is 0. The van der Waals surface area contributed by atoms with Crippen LogP contribution in [0.3, 0.4) is 0 Å². The molecule has 0 spiro atoms. The van der Waals surface area contributed by atoms with Gasteiger partial charge in [-0.3, -0.25) is 9.59 Å². The topological polar surface area (TPSA) is 67.9 Å². The summed E-state index contributed by atoms with van der Waals surface area (Å²) in [6.07, 6.45) is -0.670. The lowest BCUT2D eigenvalue weighted by Gasteiger charge is -2.31. The molecule has 6 nitrogen and oxygen atoms in total. The molecule has 6 heteroatoms. The maximum Gasteiger partial charge on any atom is 0.252 e. The van der Waals surface area contributed by atoms with Crippen LogP contribution in [-0.2, 0) is 14.3 Å². The minimum Gasteiger partial charge on any atom is -0.497 e.